The van der Waals surface area contributed by atoms with E-state index in [1.807, 2.05) is 18.2 Å². The van der Waals surface area contributed by atoms with E-state index in [2.05, 4.69) is 16.8 Å². The molecule has 25 heavy (non-hydrogen) atoms. The minimum absolute atomic E-state index is 0.538. The molecule has 0 spiro atoms. The molecule has 0 saturated carbocycles. The van der Waals surface area contributed by atoms with Gasteiger partial charge in [-0.05, 0) is 24.5 Å². The molecule has 0 saturated heterocycles. The van der Waals surface area contributed by atoms with Gasteiger partial charge in [0.1, 0.15) is 6.04 Å². The number of anilines is 1. The zero-order valence-corrected chi connectivity index (χ0v) is 15.6. The van der Waals surface area contributed by atoms with E-state index in [-0.39, 0.29) is 0 Å². The van der Waals surface area contributed by atoms with E-state index in [1.54, 1.807) is 6.07 Å². The average molecular weight is 372 g/mol. The monoisotopic (exact) mass is 372 g/mol. The van der Waals surface area contributed by atoms with Crippen LogP contribution in [-0.2, 0) is 20.3 Å². The normalized spacial score (nSPS) is 12.8. The summed E-state index contributed by atoms with van der Waals surface area (Å²) >= 11 is 0. The molecule has 0 radical (unpaired) electrons. The topological polar surface area (TPSA) is 122 Å². The number of hydrogen-bond donors (Lipinski definition) is 4. The molecule has 0 unspecified atom stereocenters. The second kappa shape index (κ2) is 11.4. The van der Waals surface area contributed by atoms with Crippen LogP contribution in [0.1, 0.15) is 51.0 Å². The first-order valence-corrected chi connectivity index (χ1v) is 10.2. The minimum atomic E-state index is -4.64. The summed E-state index contributed by atoms with van der Waals surface area (Å²) in [5, 5.41) is 2.71. The van der Waals surface area contributed by atoms with E-state index in [4.69, 9.17) is 15.5 Å². The highest BCUT2D eigenvalue weighted by Gasteiger charge is 2.21. The molecular formula is C17H29N2O5P. The van der Waals surface area contributed by atoms with E-state index >= 15 is 0 Å². The summed E-state index contributed by atoms with van der Waals surface area (Å²) < 4.78 is 14.9. The predicted molar refractivity (Wildman–Crippen MR) is 98.1 cm³/mol. The predicted octanol–water partition coefficient (Wildman–Crippen LogP) is 2.96. The van der Waals surface area contributed by atoms with Crippen molar-refractivity contribution in [3.05, 3.63) is 29.8 Å². The highest BCUT2D eigenvalue weighted by atomic mass is 31.2. The Balaban J connectivity index is 2.49. The fourth-order valence-corrected chi connectivity index (χ4v) is 2.79. The lowest BCUT2D eigenvalue weighted by Gasteiger charge is -2.15. The van der Waals surface area contributed by atoms with Crippen molar-refractivity contribution >= 4 is 19.4 Å². The van der Waals surface area contributed by atoms with Crippen molar-refractivity contribution in [3.63, 3.8) is 0 Å². The first-order chi connectivity index (χ1) is 11.8. The van der Waals surface area contributed by atoms with Crippen LogP contribution in [0.5, 0.6) is 0 Å². The lowest BCUT2D eigenvalue weighted by Crippen LogP contribution is -2.39. The SMILES string of the molecule is CCCCCCCCc1ccccc1NC(=O)[C@H](N)COP(=O)(O)O. The maximum atomic E-state index is 12.1. The van der Waals surface area contributed by atoms with Crippen LogP contribution in [0.3, 0.4) is 0 Å². The Morgan fingerprint density at radius 2 is 1.84 bits per heavy atom. The number of hydrogen-bond acceptors (Lipinski definition) is 4. The summed E-state index contributed by atoms with van der Waals surface area (Å²) in [5.74, 6) is -0.538. The Labute approximate surface area is 149 Å². The number of para-hydroxylation sites is 1. The fraction of sp³-hybridized carbons (Fsp3) is 0.588. The standard InChI is InChI=1S/C17H29N2O5P/c1-2-3-4-5-6-7-10-14-11-8-9-12-16(14)19-17(20)15(18)13-24-25(21,22)23/h8-9,11-12,15H,2-7,10,13,18H2,1H3,(H,19,20)(H2,21,22,23)/t15-/m1/s1. The number of nitrogens with two attached hydrogens (primary N) is 1. The molecule has 1 aromatic rings. The molecule has 1 atom stereocenters. The molecule has 0 aliphatic rings. The minimum Gasteiger partial charge on any atom is -0.324 e. The molecule has 142 valence electrons. The van der Waals surface area contributed by atoms with Crippen molar-refractivity contribution in [2.45, 2.75) is 57.9 Å². The lowest BCUT2D eigenvalue weighted by molar-refractivity contribution is -0.118. The number of carbonyl (C=O) groups is 1. The van der Waals surface area contributed by atoms with Crippen LogP contribution in [0.4, 0.5) is 5.69 Å². The molecule has 7 nitrogen and oxygen atoms in total. The smallest absolute Gasteiger partial charge is 0.324 e. The van der Waals surface area contributed by atoms with Gasteiger partial charge in [0.15, 0.2) is 0 Å². The lowest BCUT2D eigenvalue weighted by atomic mass is 10.0. The molecular weight excluding hydrogens is 343 g/mol. The molecule has 0 bridgehead atoms. The molecule has 1 aromatic carbocycles. The van der Waals surface area contributed by atoms with E-state index in [1.165, 1.54) is 25.7 Å². The van der Waals surface area contributed by atoms with Crippen LogP contribution >= 0.6 is 7.82 Å². The number of phosphoric ester groups is 1. The van der Waals surface area contributed by atoms with Gasteiger partial charge in [-0.2, -0.15) is 0 Å². The molecule has 0 aromatic heterocycles. The molecule has 0 aliphatic heterocycles. The number of benzene rings is 1. The van der Waals surface area contributed by atoms with Crippen LogP contribution in [0.25, 0.3) is 0 Å². The van der Waals surface area contributed by atoms with E-state index in [0.29, 0.717) is 5.69 Å². The Kier molecular flexibility index (Phi) is 9.93. The maximum Gasteiger partial charge on any atom is 0.469 e. The third-order valence-corrected chi connectivity index (χ3v) is 4.32. The highest BCUT2D eigenvalue weighted by molar-refractivity contribution is 7.46. The number of carbonyl (C=O) groups excluding carboxylic acids is 1. The summed E-state index contributed by atoms with van der Waals surface area (Å²) in [7, 11) is -4.64. The highest BCUT2D eigenvalue weighted by Crippen LogP contribution is 2.35. The Morgan fingerprint density at radius 1 is 1.20 bits per heavy atom. The molecule has 8 heteroatoms. The quantitative estimate of drug-likeness (QED) is 0.330. The van der Waals surface area contributed by atoms with Crippen molar-refractivity contribution < 1.29 is 23.7 Å². The van der Waals surface area contributed by atoms with Crippen molar-refractivity contribution in [2.24, 2.45) is 5.73 Å². The summed E-state index contributed by atoms with van der Waals surface area (Å²) in [6.07, 6.45) is 8.01. The first-order valence-electron chi connectivity index (χ1n) is 8.68. The summed E-state index contributed by atoms with van der Waals surface area (Å²) in [5.41, 5.74) is 7.31. The van der Waals surface area contributed by atoms with Crippen molar-refractivity contribution in [2.75, 3.05) is 11.9 Å². The molecule has 1 amide bonds. The zero-order valence-electron chi connectivity index (χ0n) is 14.7. The molecule has 0 fully saturated rings. The van der Waals surface area contributed by atoms with Gasteiger partial charge in [0.2, 0.25) is 5.91 Å². The third-order valence-electron chi connectivity index (χ3n) is 3.83. The van der Waals surface area contributed by atoms with Gasteiger partial charge in [0, 0.05) is 5.69 Å². The van der Waals surface area contributed by atoms with Gasteiger partial charge in [-0.1, -0.05) is 57.2 Å². The average Bonchev–Trinajstić information content (AvgIpc) is 2.56. The van der Waals surface area contributed by atoms with Gasteiger partial charge < -0.3 is 20.8 Å². The Hall–Kier alpha value is -1.24. The van der Waals surface area contributed by atoms with Gasteiger partial charge in [-0.25, -0.2) is 4.57 Å². The second-order valence-corrected chi connectivity index (χ2v) is 7.30. The number of unbranched alkanes of at least 4 members (excludes halogenated alkanes) is 5. The molecule has 1 rings (SSSR count). The molecule has 5 N–H and O–H groups in total. The van der Waals surface area contributed by atoms with Crippen LogP contribution < -0.4 is 11.1 Å². The summed E-state index contributed by atoms with van der Waals surface area (Å²) in [6, 6.07) is 6.33. The zero-order chi connectivity index (χ0) is 18.7. The van der Waals surface area contributed by atoms with E-state index in [0.717, 1.165) is 24.8 Å². The van der Waals surface area contributed by atoms with Gasteiger partial charge >= 0.3 is 7.82 Å². The largest absolute Gasteiger partial charge is 0.469 e. The van der Waals surface area contributed by atoms with Gasteiger partial charge in [0.05, 0.1) is 6.61 Å². The van der Waals surface area contributed by atoms with Crippen molar-refractivity contribution in [1.29, 1.82) is 0 Å². The fourth-order valence-electron chi connectivity index (χ4n) is 2.43. The number of aryl methyl sites for hydroxylation is 1. The van der Waals surface area contributed by atoms with Crippen LogP contribution in [-0.4, -0.2) is 28.3 Å². The van der Waals surface area contributed by atoms with E-state index in [9.17, 15) is 9.36 Å². The van der Waals surface area contributed by atoms with E-state index < -0.39 is 26.4 Å². The van der Waals surface area contributed by atoms with Gasteiger partial charge in [0.25, 0.3) is 0 Å². The summed E-state index contributed by atoms with van der Waals surface area (Å²) in [6.45, 7) is 1.64. The third kappa shape index (κ3) is 9.72. The van der Waals surface area contributed by atoms with Gasteiger partial charge in [-0.3, -0.25) is 9.32 Å². The van der Waals surface area contributed by atoms with Crippen LogP contribution in [0.2, 0.25) is 0 Å². The van der Waals surface area contributed by atoms with Crippen LogP contribution in [0.15, 0.2) is 24.3 Å². The van der Waals surface area contributed by atoms with Crippen LogP contribution in [0, 0.1) is 0 Å². The molecule has 0 heterocycles. The number of nitrogens with one attached hydrogen (secondary N) is 1. The molecule has 0 aliphatic carbocycles. The number of phosphoric acid groups is 1. The Morgan fingerprint density at radius 3 is 2.52 bits per heavy atom. The number of rotatable bonds is 12. The maximum absolute atomic E-state index is 12.1. The number of amides is 1. The van der Waals surface area contributed by atoms with Gasteiger partial charge in [-0.15, -0.1) is 0 Å². The second-order valence-electron chi connectivity index (χ2n) is 6.06. The summed E-state index contributed by atoms with van der Waals surface area (Å²) in [4.78, 5) is 29.4. The van der Waals surface area contributed by atoms with Crippen molar-refractivity contribution in [3.8, 4) is 0 Å². The Bertz CT molecular complexity index is 576. The van der Waals surface area contributed by atoms with Crippen molar-refractivity contribution in [1.82, 2.24) is 0 Å². The first kappa shape index (κ1) is 21.8.